The van der Waals surface area contributed by atoms with Gasteiger partial charge in [0.1, 0.15) is 0 Å². The Bertz CT molecular complexity index is 620. The highest BCUT2D eigenvalue weighted by Crippen LogP contribution is 2.21. The van der Waals surface area contributed by atoms with Crippen molar-refractivity contribution in [3.05, 3.63) is 62.6 Å². The van der Waals surface area contributed by atoms with Crippen molar-refractivity contribution in [3.63, 3.8) is 0 Å². The Kier molecular flexibility index (Phi) is 4.27. The van der Waals surface area contributed by atoms with Crippen molar-refractivity contribution >= 4 is 39.1 Å². The molecule has 98 valence electrons. The second-order valence-corrected chi connectivity index (χ2v) is 5.76. The Hall–Kier alpha value is -1.32. The van der Waals surface area contributed by atoms with Gasteiger partial charge in [-0.15, -0.1) is 0 Å². The number of halogens is 2. The topological polar surface area (TPSA) is 29.1 Å². The molecule has 0 saturated heterocycles. The lowest BCUT2D eigenvalue weighted by Gasteiger charge is -2.08. The van der Waals surface area contributed by atoms with E-state index in [0.717, 1.165) is 21.3 Å². The van der Waals surface area contributed by atoms with Crippen LogP contribution < -0.4 is 5.32 Å². The molecule has 0 aromatic heterocycles. The first-order chi connectivity index (χ1) is 8.95. The summed E-state index contributed by atoms with van der Waals surface area (Å²) in [5.74, 6) is -0.141. The van der Waals surface area contributed by atoms with E-state index in [1.165, 1.54) is 0 Å². The van der Waals surface area contributed by atoms with Crippen LogP contribution in [0.25, 0.3) is 0 Å². The van der Waals surface area contributed by atoms with E-state index < -0.39 is 0 Å². The van der Waals surface area contributed by atoms with Gasteiger partial charge in [-0.05, 0) is 61.4 Å². The van der Waals surface area contributed by atoms with Crippen molar-refractivity contribution in [3.8, 4) is 0 Å². The molecular formula is C15H13BrClNO. The van der Waals surface area contributed by atoms with Crippen LogP contribution in [0, 0.1) is 13.8 Å². The maximum atomic E-state index is 12.1. The SMILES string of the molecule is Cc1cc(Br)cc(NC(=O)c2ccc(Cl)c(C)c2)c1. The van der Waals surface area contributed by atoms with Crippen LogP contribution in [-0.4, -0.2) is 5.91 Å². The van der Waals surface area contributed by atoms with Gasteiger partial charge in [0, 0.05) is 20.7 Å². The molecule has 0 unspecified atom stereocenters. The summed E-state index contributed by atoms with van der Waals surface area (Å²) < 4.78 is 0.940. The molecule has 1 amide bonds. The van der Waals surface area contributed by atoms with E-state index in [2.05, 4.69) is 21.2 Å². The van der Waals surface area contributed by atoms with Gasteiger partial charge in [-0.3, -0.25) is 4.79 Å². The summed E-state index contributed by atoms with van der Waals surface area (Å²) in [5, 5.41) is 3.54. The number of benzene rings is 2. The Morgan fingerprint density at radius 3 is 2.53 bits per heavy atom. The van der Waals surface area contributed by atoms with Crippen LogP contribution in [0.4, 0.5) is 5.69 Å². The third-order valence-electron chi connectivity index (χ3n) is 2.72. The van der Waals surface area contributed by atoms with E-state index in [0.29, 0.717) is 10.6 Å². The minimum atomic E-state index is -0.141. The minimum absolute atomic E-state index is 0.141. The third-order valence-corrected chi connectivity index (χ3v) is 3.60. The summed E-state index contributed by atoms with van der Waals surface area (Å²) in [6.07, 6.45) is 0. The highest BCUT2D eigenvalue weighted by Gasteiger charge is 2.08. The van der Waals surface area contributed by atoms with Gasteiger partial charge in [-0.25, -0.2) is 0 Å². The van der Waals surface area contributed by atoms with Crippen molar-refractivity contribution in [2.45, 2.75) is 13.8 Å². The average Bonchev–Trinajstić information content (AvgIpc) is 2.31. The van der Waals surface area contributed by atoms with Crippen LogP contribution >= 0.6 is 27.5 Å². The van der Waals surface area contributed by atoms with E-state index in [1.807, 2.05) is 32.0 Å². The van der Waals surface area contributed by atoms with Gasteiger partial charge in [0.2, 0.25) is 0 Å². The van der Waals surface area contributed by atoms with Gasteiger partial charge in [0.15, 0.2) is 0 Å². The summed E-state index contributed by atoms with van der Waals surface area (Å²) in [6.45, 7) is 3.86. The number of amides is 1. The fourth-order valence-electron chi connectivity index (χ4n) is 1.80. The molecule has 2 aromatic rings. The van der Waals surface area contributed by atoms with Gasteiger partial charge in [-0.1, -0.05) is 27.5 Å². The Morgan fingerprint density at radius 1 is 1.16 bits per heavy atom. The molecule has 19 heavy (non-hydrogen) atoms. The zero-order valence-electron chi connectivity index (χ0n) is 10.6. The average molecular weight is 339 g/mol. The fourth-order valence-corrected chi connectivity index (χ4v) is 2.52. The largest absolute Gasteiger partial charge is 0.322 e. The molecule has 0 aliphatic heterocycles. The first kappa shape index (κ1) is 14.1. The smallest absolute Gasteiger partial charge is 0.255 e. The maximum absolute atomic E-state index is 12.1. The first-order valence-corrected chi connectivity index (χ1v) is 6.97. The molecule has 0 aliphatic rings. The standard InChI is InChI=1S/C15H13BrClNO/c1-9-5-12(16)8-13(6-9)18-15(19)11-3-4-14(17)10(2)7-11/h3-8H,1-2H3,(H,18,19). The molecule has 2 aromatic carbocycles. The quantitative estimate of drug-likeness (QED) is 0.823. The third kappa shape index (κ3) is 3.58. The molecule has 1 N–H and O–H groups in total. The summed E-state index contributed by atoms with van der Waals surface area (Å²) in [6, 6.07) is 11.0. The van der Waals surface area contributed by atoms with Gasteiger partial charge in [0.05, 0.1) is 0 Å². The predicted octanol–water partition coefficient (Wildman–Crippen LogP) is 4.97. The van der Waals surface area contributed by atoms with E-state index in [-0.39, 0.29) is 5.91 Å². The lowest BCUT2D eigenvalue weighted by atomic mass is 10.1. The molecule has 0 aliphatic carbocycles. The number of nitrogens with one attached hydrogen (secondary N) is 1. The molecule has 2 rings (SSSR count). The van der Waals surface area contributed by atoms with Crippen molar-refractivity contribution < 1.29 is 4.79 Å². The highest BCUT2D eigenvalue weighted by molar-refractivity contribution is 9.10. The van der Waals surface area contributed by atoms with Crippen molar-refractivity contribution in [2.75, 3.05) is 5.32 Å². The van der Waals surface area contributed by atoms with Gasteiger partial charge in [-0.2, -0.15) is 0 Å². The molecule has 0 atom stereocenters. The molecule has 0 fully saturated rings. The van der Waals surface area contributed by atoms with Crippen molar-refractivity contribution in [1.82, 2.24) is 0 Å². The van der Waals surface area contributed by atoms with Gasteiger partial charge < -0.3 is 5.32 Å². The molecular weight excluding hydrogens is 326 g/mol. The molecule has 4 heteroatoms. The lowest BCUT2D eigenvalue weighted by molar-refractivity contribution is 0.102. The summed E-state index contributed by atoms with van der Waals surface area (Å²) in [5.41, 5.74) is 3.33. The summed E-state index contributed by atoms with van der Waals surface area (Å²) >= 11 is 9.36. The minimum Gasteiger partial charge on any atom is -0.322 e. The first-order valence-electron chi connectivity index (χ1n) is 5.80. The molecule has 2 nitrogen and oxygen atoms in total. The zero-order chi connectivity index (χ0) is 14.0. The number of hydrogen-bond acceptors (Lipinski definition) is 1. The second kappa shape index (κ2) is 5.76. The number of aryl methyl sites for hydroxylation is 2. The van der Waals surface area contributed by atoms with Crippen LogP contribution in [0.3, 0.4) is 0 Å². The zero-order valence-corrected chi connectivity index (χ0v) is 13.0. The molecule has 0 radical (unpaired) electrons. The Balaban J connectivity index is 2.22. The van der Waals surface area contributed by atoms with Crippen LogP contribution in [-0.2, 0) is 0 Å². The maximum Gasteiger partial charge on any atom is 0.255 e. The van der Waals surface area contributed by atoms with E-state index in [9.17, 15) is 4.79 Å². The summed E-state index contributed by atoms with van der Waals surface area (Å²) in [7, 11) is 0. The number of hydrogen-bond donors (Lipinski definition) is 1. The van der Waals surface area contributed by atoms with Crippen molar-refractivity contribution in [2.24, 2.45) is 0 Å². The van der Waals surface area contributed by atoms with Crippen LogP contribution in [0.2, 0.25) is 5.02 Å². The molecule has 0 bridgehead atoms. The predicted molar refractivity (Wildman–Crippen MR) is 83.0 cm³/mol. The van der Waals surface area contributed by atoms with Crippen molar-refractivity contribution in [1.29, 1.82) is 0 Å². The van der Waals surface area contributed by atoms with E-state index in [4.69, 9.17) is 11.6 Å². The molecule has 0 saturated carbocycles. The Labute approximate surface area is 125 Å². The van der Waals surface area contributed by atoms with Crippen LogP contribution in [0.1, 0.15) is 21.5 Å². The molecule has 0 heterocycles. The summed E-state index contributed by atoms with van der Waals surface area (Å²) in [4.78, 5) is 12.1. The Morgan fingerprint density at radius 2 is 1.89 bits per heavy atom. The normalized spacial score (nSPS) is 10.3. The lowest BCUT2D eigenvalue weighted by Crippen LogP contribution is -2.12. The number of carbonyl (C=O) groups excluding carboxylic acids is 1. The number of carbonyl (C=O) groups is 1. The van der Waals surface area contributed by atoms with Gasteiger partial charge in [0.25, 0.3) is 5.91 Å². The fraction of sp³-hybridized carbons (Fsp3) is 0.133. The van der Waals surface area contributed by atoms with Crippen LogP contribution in [0.5, 0.6) is 0 Å². The van der Waals surface area contributed by atoms with Crippen LogP contribution in [0.15, 0.2) is 40.9 Å². The number of rotatable bonds is 2. The van der Waals surface area contributed by atoms with E-state index in [1.54, 1.807) is 18.2 Å². The van der Waals surface area contributed by atoms with E-state index >= 15 is 0 Å². The second-order valence-electron chi connectivity index (χ2n) is 4.44. The number of anilines is 1. The van der Waals surface area contributed by atoms with Gasteiger partial charge >= 0.3 is 0 Å². The highest BCUT2D eigenvalue weighted by atomic mass is 79.9. The molecule has 0 spiro atoms. The monoisotopic (exact) mass is 337 g/mol.